The predicted octanol–water partition coefficient (Wildman–Crippen LogP) is 2.33. The molecule has 3 heteroatoms. The highest BCUT2D eigenvalue weighted by Gasteiger charge is 2.01. The van der Waals surface area contributed by atoms with E-state index >= 15 is 0 Å². The molecule has 1 aromatic carbocycles. The first-order valence-electron chi connectivity index (χ1n) is 4.84. The summed E-state index contributed by atoms with van der Waals surface area (Å²) < 4.78 is 0. The summed E-state index contributed by atoms with van der Waals surface area (Å²) in [6.07, 6.45) is 0. The van der Waals surface area contributed by atoms with Gasteiger partial charge in [0.2, 0.25) is 0 Å². The molecule has 0 atom stereocenters. The van der Waals surface area contributed by atoms with Gasteiger partial charge in [-0.25, -0.2) is 4.79 Å². The van der Waals surface area contributed by atoms with E-state index in [-0.39, 0.29) is 6.03 Å². The van der Waals surface area contributed by atoms with Crippen molar-refractivity contribution in [3.8, 4) is 0 Å². The lowest BCUT2D eigenvalue weighted by Gasteiger charge is -2.08. The third-order valence-corrected chi connectivity index (χ3v) is 2.03. The molecule has 1 aromatic rings. The Morgan fingerprint density at radius 2 is 2.07 bits per heavy atom. The number of urea groups is 1. The molecule has 0 aromatic heterocycles. The summed E-state index contributed by atoms with van der Waals surface area (Å²) in [7, 11) is 0. The molecule has 0 spiro atoms. The first-order chi connectivity index (χ1) is 7.09. The molecule has 80 valence electrons. The highest BCUT2D eigenvalue weighted by Crippen LogP contribution is 2.05. The lowest BCUT2D eigenvalue weighted by molar-refractivity contribution is 0.243. The zero-order valence-electron chi connectivity index (χ0n) is 9.13. The molecule has 2 N–H and O–H groups in total. The van der Waals surface area contributed by atoms with E-state index in [0.29, 0.717) is 12.2 Å². The molecule has 0 saturated carbocycles. The third kappa shape index (κ3) is 3.85. The lowest BCUT2D eigenvalue weighted by atomic mass is 10.1. The van der Waals surface area contributed by atoms with Crippen LogP contribution in [0.15, 0.2) is 36.5 Å². The van der Waals surface area contributed by atoms with E-state index in [1.165, 1.54) is 5.56 Å². The number of hydrogen-bond donors (Lipinski definition) is 2. The topological polar surface area (TPSA) is 41.1 Å². The Labute approximate surface area is 90.2 Å². The van der Waals surface area contributed by atoms with Crippen molar-refractivity contribution in [2.45, 2.75) is 20.4 Å². The molecule has 0 aliphatic heterocycles. The molecule has 3 nitrogen and oxygen atoms in total. The smallest absolute Gasteiger partial charge is 0.319 e. The number of amides is 2. The highest BCUT2D eigenvalue weighted by molar-refractivity contribution is 5.75. The maximum Gasteiger partial charge on any atom is 0.319 e. The zero-order chi connectivity index (χ0) is 11.3. The Morgan fingerprint density at radius 3 is 2.67 bits per heavy atom. The fraction of sp³-hybridized carbons (Fsp3) is 0.250. The molecule has 0 aliphatic carbocycles. The average Bonchev–Trinajstić information content (AvgIpc) is 2.15. The summed E-state index contributed by atoms with van der Waals surface area (Å²) in [4.78, 5) is 11.3. The van der Waals surface area contributed by atoms with Crippen LogP contribution in [-0.2, 0) is 6.54 Å². The van der Waals surface area contributed by atoms with Gasteiger partial charge in [0.15, 0.2) is 0 Å². The normalized spacial score (nSPS) is 9.47. The SMILES string of the molecule is C=C(C)NC(=O)NCc1ccccc1C. The number of carbonyl (C=O) groups excluding carboxylic acids is 1. The molecule has 0 unspecified atom stereocenters. The quantitative estimate of drug-likeness (QED) is 0.779. The van der Waals surface area contributed by atoms with Crippen LogP contribution in [0.3, 0.4) is 0 Å². The summed E-state index contributed by atoms with van der Waals surface area (Å²) in [6, 6.07) is 7.74. The van der Waals surface area contributed by atoms with Crippen LogP contribution in [0.25, 0.3) is 0 Å². The van der Waals surface area contributed by atoms with Gasteiger partial charge < -0.3 is 10.6 Å². The van der Waals surface area contributed by atoms with Crippen molar-refractivity contribution in [1.82, 2.24) is 10.6 Å². The maximum atomic E-state index is 11.3. The van der Waals surface area contributed by atoms with Crippen molar-refractivity contribution in [3.63, 3.8) is 0 Å². The fourth-order valence-electron chi connectivity index (χ4n) is 1.22. The molecule has 1 rings (SSSR count). The number of allylic oxidation sites excluding steroid dienone is 1. The predicted molar refractivity (Wildman–Crippen MR) is 61.4 cm³/mol. The number of rotatable bonds is 3. The lowest BCUT2D eigenvalue weighted by Crippen LogP contribution is -2.33. The van der Waals surface area contributed by atoms with Gasteiger partial charge in [0, 0.05) is 12.2 Å². The summed E-state index contributed by atoms with van der Waals surface area (Å²) >= 11 is 0. The van der Waals surface area contributed by atoms with Gasteiger partial charge in [-0.1, -0.05) is 30.8 Å². The molecule has 15 heavy (non-hydrogen) atoms. The second kappa shape index (κ2) is 5.20. The first-order valence-corrected chi connectivity index (χ1v) is 4.84. The van der Waals surface area contributed by atoms with Gasteiger partial charge in [0.05, 0.1) is 0 Å². The number of hydrogen-bond acceptors (Lipinski definition) is 1. The first kappa shape index (κ1) is 11.3. The molecule has 0 radical (unpaired) electrons. The van der Waals surface area contributed by atoms with Crippen LogP contribution in [0, 0.1) is 6.92 Å². The molecule has 0 bridgehead atoms. The van der Waals surface area contributed by atoms with Crippen molar-refractivity contribution < 1.29 is 4.79 Å². The van der Waals surface area contributed by atoms with E-state index in [1.807, 2.05) is 31.2 Å². The van der Waals surface area contributed by atoms with Crippen molar-refractivity contribution >= 4 is 6.03 Å². The van der Waals surface area contributed by atoms with Crippen LogP contribution in [0.5, 0.6) is 0 Å². The second-order valence-corrected chi connectivity index (χ2v) is 3.51. The van der Waals surface area contributed by atoms with Crippen LogP contribution in [-0.4, -0.2) is 6.03 Å². The zero-order valence-corrected chi connectivity index (χ0v) is 9.13. The van der Waals surface area contributed by atoms with Gasteiger partial charge in [-0.3, -0.25) is 0 Å². The van der Waals surface area contributed by atoms with Gasteiger partial charge in [-0.05, 0) is 25.0 Å². The van der Waals surface area contributed by atoms with Gasteiger partial charge in [0.25, 0.3) is 0 Å². The van der Waals surface area contributed by atoms with Crippen LogP contribution < -0.4 is 10.6 Å². The van der Waals surface area contributed by atoms with Crippen LogP contribution >= 0.6 is 0 Å². The van der Waals surface area contributed by atoms with E-state index in [2.05, 4.69) is 17.2 Å². The molecule has 0 fully saturated rings. The Kier molecular flexibility index (Phi) is 3.92. The Balaban J connectivity index is 2.47. The van der Waals surface area contributed by atoms with Crippen molar-refractivity contribution in [1.29, 1.82) is 0 Å². The summed E-state index contributed by atoms with van der Waals surface area (Å²) in [6.45, 7) is 7.89. The van der Waals surface area contributed by atoms with Crippen LogP contribution in [0.2, 0.25) is 0 Å². The minimum Gasteiger partial charge on any atom is -0.334 e. The van der Waals surface area contributed by atoms with Crippen LogP contribution in [0.4, 0.5) is 4.79 Å². The Bertz CT molecular complexity index is 372. The number of carbonyl (C=O) groups is 1. The summed E-state index contributed by atoms with van der Waals surface area (Å²) in [5.74, 6) is 0. The van der Waals surface area contributed by atoms with E-state index in [4.69, 9.17) is 0 Å². The fourth-order valence-corrected chi connectivity index (χ4v) is 1.22. The van der Waals surface area contributed by atoms with E-state index in [1.54, 1.807) is 6.92 Å². The maximum absolute atomic E-state index is 11.3. The largest absolute Gasteiger partial charge is 0.334 e. The van der Waals surface area contributed by atoms with Gasteiger partial charge in [-0.2, -0.15) is 0 Å². The van der Waals surface area contributed by atoms with Gasteiger partial charge >= 0.3 is 6.03 Å². The molecule has 2 amide bonds. The molecule has 0 aliphatic rings. The van der Waals surface area contributed by atoms with E-state index in [9.17, 15) is 4.79 Å². The third-order valence-electron chi connectivity index (χ3n) is 2.03. The van der Waals surface area contributed by atoms with Crippen molar-refractivity contribution in [2.24, 2.45) is 0 Å². The van der Waals surface area contributed by atoms with Crippen LogP contribution in [0.1, 0.15) is 18.1 Å². The number of aryl methyl sites for hydroxylation is 1. The number of nitrogens with one attached hydrogen (secondary N) is 2. The molecular formula is C12H16N2O. The van der Waals surface area contributed by atoms with Crippen molar-refractivity contribution in [3.05, 3.63) is 47.7 Å². The Hall–Kier alpha value is -1.77. The summed E-state index contributed by atoms with van der Waals surface area (Å²) in [5.41, 5.74) is 2.93. The Morgan fingerprint density at radius 1 is 1.40 bits per heavy atom. The monoisotopic (exact) mass is 204 g/mol. The molecule has 0 saturated heterocycles. The minimum absolute atomic E-state index is 0.217. The summed E-state index contributed by atoms with van der Waals surface area (Å²) in [5, 5.41) is 5.35. The van der Waals surface area contributed by atoms with Gasteiger partial charge in [-0.15, -0.1) is 0 Å². The molecule has 0 heterocycles. The van der Waals surface area contributed by atoms with E-state index < -0.39 is 0 Å². The van der Waals surface area contributed by atoms with E-state index in [0.717, 1.165) is 5.56 Å². The molecular weight excluding hydrogens is 188 g/mol. The number of benzene rings is 1. The minimum atomic E-state index is -0.217. The average molecular weight is 204 g/mol. The second-order valence-electron chi connectivity index (χ2n) is 3.51. The standard InChI is InChI=1S/C12H16N2O/c1-9(2)14-12(15)13-8-11-7-5-4-6-10(11)3/h4-7H,1,8H2,2-3H3,(H2,13,14,15). The van der Waals surface area contributed by atoms with Crippen molar-refractivity contribution in [2.75, 3.05) is 0 Å². The highest BCUT2D eigenvalue weighted by atomic mass is 16.2. The van der Waals surface area contributed by atoms with Gasteiger partial charge in [0.1, 0.15) is 0 Å².